The molecule has 0 aliphatic rings. The van der Waals surface area contributed by atoms with Crippen molar-refractivity contribution in [3.05, 3.63) is 0 Å². The van der Waals surface area contributed by atoms with Gasteiger partial charge < -0.3 is 4.74 Å². The molecule has 3 heteroatoms. The van der Waals surface area contributed by atoms with E-state index in [2.05, 4.69) is 6.92 Å². The third-order valence-electron chi connectivity index (χ3n) is 2.00. The van der Waals surface area contributed by atoms with Gasteiger partial charge in [-0.25, -0.2) is 8.78 Å². The van der Waals surface area contributed by atoms with Crippen LogP contribution in [-0.4, -0.2) is 18.6 Å². The van der Waals surface area contributed by atoms with Gasteiger partial charge in [-0.1, -0.05) is 54.4 Å². The zero-order valence-electron chi connectivity index (χ0n) is 12.8. The van der Waals surface area contributed by atoms with E-state index in [9.17, 15) is 8.78 Å². The van der Waals surface area contributed by atoms with Crippen molar-refractivity contribution in [1.82, 2.24) is 0 Å². The Balaban J connectivity index is -0.000000439. The highest BCUT2D eigenvalue weighted by Gasteiger charge is 2.33. The molecule has 0 aromatic heterocycles. The minimum absolute atomic E-state index is 0.371. The Morgan fingerprint density at radius 1 is 1.00 bits per heavy atom. The molecule has 0 aliphatic heterocycles. The molecule has 17 heavy (non-hydrogen) atoms. The van der Waals surface area contributed by atoms with Gasteiger partial charge in [-0.15, -0.1) is 0 Å². The maximum absolute atomic E-state index is 12.8. The van der Waals surface area contributed by atoms with Crippen LogP contribution >= 0.6 is 0 Å². The molecule has 0 N–H and O–H groups in total. The summed E-state index contributed by atoms with van der Waals surface area (Å²) in [5.41, 5.74) is 0. The third kappa shape index (κ3) is 15.8. The van der Waals surface area contributed by atoms with Gasteiger partial charge in [0.15, 0.2) is 0 Å². The van der Waals surface area contributed by atoms with Gasteiger partial charge in [0.05, 0.1) is 0 Å². The molecule has 0 fully saturated rings. The first-order chi connectivity index (χ1) is 8.02. The van der Waals surface area contributed by atoms with Gasteiger partial charge in [0.25, 0.3) is 5.92 Å². The average molecular weight is 254 g/mol. The molecule has 0 saturated heterocycles. The van der Waals surface area contributed by atoms with Crippen molar-refractivity contribution in [3.63, 3.8) is 0 Å². The van der Waals surface area contributed by atoms with Crippen molar-refractivity contribution in [2.45, 2.75) is 86.2 Å². The quantitative estimate of drug-likeness (QED) is 0.531. The van der Waals surface area contributed by atoms with E-state index in [0.717, 1.165) is 26.2 Å². The van der Waals surface area contributed by atoms with Gasteiger partial charge in [-0.05, 0) is 12.8 Å². The van der Waals surface area contributed by atoms with Crippen molar-refractivity contribution in [2.75, 3.05) is 6.61 Å². The topological polar surface area (TPSA) is 9.23 Å². The van der Waals surface area contributed by atoms with Crippen LogP contribution in [0.1, 0.15) is 74.1 Å². The summed E-state index contributed by atoms with van der Waals surface area (Å²) in [6.07, 6.45) is 2.47. The minimum Gasteiger partial charge on any atom is -0.372 e. The fourth-order valence-electron chi connectivity index (χ4n) is 1.20. The first kappa shape index (κ1) is 22.0. The van der Waals surface area contributed by atoms with Crippen LogP contribution in [0.3, 0.4) is 0 Å². The Hall–Kier alpha value is -0.180. The summed E-state index contributed by atoms with van der Waals surface area (Å²) >= 11 is 0. The number of unbranched alkanes of at least 4 members (excludes halogenated alkanes) is 2. The van der Waals surface area contributed by atoms with Gasteiger partial charge in [0, 0.05) is 13.5 Å². The standard InChI is InChI=1S/C10H20F2O.2C2H6/c1-4-6-7-8-13-9(5-2)10(3,11)12;2*1-2/h9H,4-8H2,1-3H3;2*1-2H3. The fourth-order valence-corrected chi connectivity index (χ4v) is 1.20. The zero-order chi connectivity index (χ0) is 14.3. The van der Waals surface area contributed by atoms with Crippen LogP contribution in [-0.2, 0) is 4.74 Å². The molecule has 0 aromatic rings. The molecule has 1 atom stereocenters. The van der Waals surface area contributed by atoms with Gasteiger partial charge >= 0.3 is 0 Å². The molecule has 1 unspecified atom stereocenters. The molecule has 0 heterocycles. The highest BCUT2D eigenvalue weighted by molar-refractivity contribution is 4.70. The summed E-state index contributed by atoms with van der Waals surface area (Å²) in [5, 5.41) is 0. The lowest BCUT2D eigenvalue weighted by Gasteiger charge is -2.22. The van der Waals surface area contributed by atoms with E-state index in [-0.39, 0.29) is 0 Å². The van der Waals surface area contributed by atoms with Crippen LogP contribution in [0.4, 0.5) is 8.78 Å². The number of hydrogen-bond donors (Lipinski definition) is 0. The largest absolute Gasteiger partial charge is 0.372 e. The molecular weight excluding hydrogens is 222 g/mol. The van der Waals surface area contributed by atoms with E-state index < -0.39 is 12.0 Å². The summed E-state index contributed by atoms with van der Waals surface area (Å²) in [5.74, 6) is -2.71. The molecule has 108 valence electrons. The molecule has 0 rings (SSSR count). The molecule has 1 nitrogen and oxygen atoms in total. The second-order valence-electron chi connectivity index (χ2n) is 3.43. The number of ether oxygens (including phenoxy) is 1. The third-order valence-corrected chi connectivity index (χ3v) is 2.00. The van der Waals surface area contributed by atoms with Crippen molar-refractivity contribution >= 4 is 0 Å². The molecule has 0 aromatic carbocycles. The number of rotatable bonds is 7. The number of alkyl halides is 2. The highest BCUT2D eigenvalue weighted by atomic mass is 19.3. The highest BCUT2D eigenvalue weighted by Crippen LogP contribution is 2.22. The monoisotopic (exact) mass is 254 g/mol. The van der Waals surface area contributed by atoms with E-state index in [1.54, 1.807) is 6.92 Å². The molecule has 0 spiro atoms. The SMILES string of the molecule is CC.CC.CCCCCOC(CC)C(C)(F)F. The summed E-state index contributed by atoms with van der Waals surface area (Å²) in [6, 6.07) is 0. The maximum atomic E-state index is 12.8. The second kappa shape index (κ2) is 15.8. The van der Waals surface area contributed by atoms with E-state index in [1.807, 2.05) is 27.7 Å². The van der Waals surface area contributed by atoms with E-state index >= 15 is 0 Å². The molecule has 0 radical (unpaired) electrons. The smallest absolute Gasteiger partial charge is 0.270 e. The van der Waals surface area contributed by atoms with Crippen LogP contribution in [0.25, 0.3) is 0 Å². The number of hydrogen-bond acceptors (Lipinski definition) is 1. The Morgan fingerprint density at radius 3 is 1.76 bits per heavy atom. The fraction of sp³-hybridized carbons (Fsp3) is 1.00. The summed E-state index contributed by atoms with van der Waals surface area (Å²) < 4.78 is 30.7. The second-order valence-corrected chi connectivity index (χ2v) is 3.43. The van der Waals surface area contributed by atoms with Gasteiger partial charge in [0.1, 0.15) is 6.10 Å². The molecular formula is C14H32F2O. The Kier molecular flexibility index (Phi) is 20.5. The maximum Gasteiger partial charge on any atom is 0.270 e. The average Bonchev–Trinajstić information content (AvgIpc) is 2.33. The Labute approximate surface area is 107 Å². The van der Waals surface area contributed by atoms with Crippen molar-refractivity contribution in [3.8, 4) is 0 Å². The lowest BCUT2D eigenvalue weighted by molar-refractivity contribution is -0.126. The summed E-state index contributed by atoms with van der Waals surface area (Å²) in [7, 11) is 0. The predicted octanol–water partition coefficient (Wildman–Crippen LogP) is 5.68. The Bertz CT molecular complexity index is 122. The van der Waals surface area contributed by atoms with Crippen LogP contribution in [0, 0.1) is 0 Å². The van der Waals surface area contributed by atoms with Gasteiger partial charge in [0.2, 0.25) is 0 Å². The van der Waals surface area contributed by atoms with Crippen LogP contribution in [0.15, 0.2) is 0 Å². The predicted molar refractivity (Wildman–Crippen MR) is 72.9 cm³/mol. The first-order valence-corrected chi connectivity index (χ1v) is 7.01. The lowest BCUT2D eigenvalue weighted by atomic mass is 10.1. The van der Waals surface area contributed by atoms with Crippen LogP contribution < -0.4 is 0 Å². The molecule has 0 bridgehead atoms. The summed E-state index contributed by atoms with van der Waals surface area (Å²) in [6.45, 7) is 13.2. The van der Waals surface area contributed by atoms with Gasteiger partial charge in [-0.3, -0.25) is 0 Å². The van der Waals surface area contributed by atoms with Gasteiger partial charge in [-0.2, -0.15) is 0 Å². The zero-order valence-corrected chi connectivity index (χ0v) is 12.8. The van der Waals surface area contributed by atoms with Crippen molar-refractivity contribution < 1.29 is 13.5 Å². The normalized spacial score (nSPS) is 11.8. The van der Waals surface area contributed by atoms with Crippen molar-refractivity contribution in [1.29, 1.82) is 0 Å². The molecule has 0 aliphatic carbocycles. The van der Waals surface area contributed by atoms with E-state index in [0.29, 0.717) is 13.0 Å². The Morgan fingerprint density at radius 2 is 1.47 bits per heavy atom. The molecule has 0 saturated carbocycles. The van der Waals surface area contributed by atoms with Crippen molar-refractivity contribution in [2.24, 2.45) is 0 Å². The number of halogens is 2. The minimum atomic E-state index is -2.71. The summed E-state index contributed by atoms with van der Waals surface area (Å²) in [4.78, 5) is 0. The van der Waals surface area contributed by atoms with E-state index in [4.69, 9.17) is 4.74 Å². The lowest BCUT2D eigenvalue weighted by Crippen LogP contribution is -2.32. The van der Waals surface area contributed by atoms with Crippen LogP contribution in [0.2, 0.25) is 0 Å². The first-order valence-electron chi connectivity index (χ1n) is 7.01. The van der Waals surface area contributed by atoms with Crippen LogP contribution in [0.5, 0.6) is 0 Å². The van der Waals surface area contributed by atoms with E-state index in [1.165, 1.54) is 0 Å². The molecule has 0 amide bonds.